The fraction of sp³-hybridized carbons (Fsp3) is 0.214. The van der Waals surface area contributed by atoms with E-state index in [1.54, 1.807) is 0 Å². The highest BCUT2D eigenvalue weighted by Crippen LogP contribution is 2.18. The lowest BCUT2D eigenvalue weighted by Crippen LogP contribution is -2.14. The van der Waals surface area contributed by atoms with E-state index in [1.807, 2.05) is 24.4 Å². The van der Waals surface area contributed by atoms with Gasteiger partial charge in [-0.3, -0.25) is 4.99 Å². The van der Waals surface area contributed by atoms with E-state index in [9.17, 15) is 0 Å². The summed E-state index contributed by atoms with van der Waals surface area (Å²) in [6.45, 7) is 4.13. The highest BCUT2D eigenvalue weighted by molar-refractivity contribution is 6.10. The first-order valence-corrected chi connectivity index (χ1v) is 5.41. The van der Waals surface area contributed by atoms with Crippen LogP contribution in [0.1, 0.15) is 12.0 Å². The topological polar surface area (TPSA) is 21.6 Å². The zero-order valence-corrected chi connectivity index (χ0v) is 9.17. The lowest BCUT2D eigenvalue weighted by atomic mass is 10.0. The maximum absolute atomic E-state index is 5.13. The van der Waals surface area contributed by atoms with Gasteiger partial charge < -0.3 is 4.74 Å². The third-order valence-corrected chi connectivity index (χ3v) is 2.55. The van der Waals surface area contributed by atoms with E-state index in [0.717, 1.165) is 6.42 Å². The van der Waals surface area contributed by atoms with Gasteiger partial charge in [0.2, 0.25) is 0 Å². The van der Waals surface area contributed by atoms with E-state index in [-0.39, 0.29) is 6.04 Å². The number of hydrogen-bond acceptors (Lipinski definition) is 2. The van der Waals surface area contributed by atoms with E-state index in [4.69, 9.17) is 4.74 Å². The molecule has 2 heteroatoms. The van der Waals surface area contributed by atoms with Crippen LogP contribution < -0.4 is 0 Å². The Morgan fingerprint density at radius 2 is 2.19 bits per heavy atom. The van der Waals surface area contributed by atoms with Crippen molar-refractivity contribution in [3.8, 4) is 0 Å². The Labute approximate surface area is 96.0 Å². The lowest BCUT2D eigenvalue weighted by molar-refractivity contribution is 0.229. The molecular weight excluding hydrogens is 198 g/mol. The van der Waals surface area contributed by atoms with Crippen molar-refractivity contribution in [2.45, 2.75) is 12.5 Å². The number of rotatable bonds is 4. The van der Waals surface area contributed by atoms with E-state index in [2.05, 4.69) is 29.8 Å². The molecule has 1 unspecified atom stereocenters. The molecule has 0 saturated carbocycles. The van der Waals surface area contributed by atoms with Gasteiger partial charge in [-0.1, -0.05) is 43.0 Å². The highest BCUT2D eigenvalue weighted by Gasteiger charge is 2.10. The second-order valence-corrected chi connectivity index (χ2v) is 3.69. The van der Waals surface area contributed by atoms with Crippen molar-refractivity contribution in [3.63, 3.8) is 0 Å². The minimum absolute atomic E-state index is 0.227. The minimum Gasteiger partial charge on any atom is -0.500 e. The molecule has 0 amide bonds. The summed E-state index contributed by atoms with van der Waals surface area (Å²) in [5, 5.41) is 0. The van der Waals surface area contributed by atoms with Crippen molar-refractivity contribution in [3.05, 3.63) is 54.8 Å². The molecule has 2 rings (SSSR count). The summed E-state index contributed by atoms with van der Waals surface area (Å²) >= 11 is 0. The number of nitrogens with zero attached hydrogens (tertiary/aromatic N) is 1. The van der Waals surface area contributed by atoms with Crippen LogP contribution in [0.5, 0.6) is 0 Å². The van der Waals surface area contributed by atoms with E-state index in [1.165, 1.54) is 17.4 Å². The Morgan fingerprint density at radius 1 is 1.38 bits per heavy atom. The van der Waals surface area contributed by atoms with Crippen molar-refractivity contribution in [1.82, 2.24) is 0 Å². The van der Waals surface area contributed by atoms with Crippen molar-refractivity contribution in [2.24, 2.45) is 4.99 Å². The fourth-order valence-corrected chi connectivity index (χ4v) is 1.68. The summed E-state index contributed by atoms with van der Waals surface area (Å²) in [7, 11) is 0. The van der Waals surface area contributed by atoms with Gasteiger partial charge in [-0.2, -0.15) is 0 Å². The van der Waals surface area contributed by atoms with Crippen molar-refractivity contribution < 1.29 is 4.74 Å². The molecule has 0 aromatic heterocycles. The van der Waals surface area contributed by atoms with Gasteiger partial charge in [0.15, 0.2) is 0 Å². The third kappa shape index (κ3) is 2.60. The second kappa shape index (κ2) is 5.31. The van der Waals surface area contributed by atoms with Crippen molar-refractivity contribution in [2.75, 3.05) is 6.61 Å². The maximum Gasteiger partial charge on any atom is 0.110 e. The molecular formula is C14H15NO. The number of allylic oxidation sites excluding steroid dienone is 1. The molecule has 1 aliphatic heterocycles. The zero-order valence-electron chi connectivity index (χ0n) is 9.17. The normalized spacial score (nSPS) is 19.0. The van der Waals surface area contributed by atoms with E-state index >= 15 is 0 Å². The van der Waals surface area contributed by atoms with E-state index in [0.29, 0.717) is 6.61 Å². The molecule has 1 aromatic rings. The first-order valence-electron chi connectivity index (χ1n) is 5.41. The lowest BCUT2D eigenvalue weighted by Gasteiger charge is -2.15. The summed E-state index contributed by atoms with van der Waals surface area (Å²) < 4.78 is 5.13. The van der Waals surface area contributed by atoms with Crippen LogP contribution >= 0.6 is 0 Å². The molecule has 82 valence electrons. The molecule has 0 aliphatic carbocycles. The Bertz CT molecular complexity index is 406. The Kier molecular flexibility index (Phi) is 3.54. The van der Waals surface area contributed by atoms with Crippen LogP contribution in [0.3, 0.4) is 0 Å². The van der Waals surface area contributed by atoms with Crippen LogP contribution in [-0.4, -0.2) is 18.9 Å². The highest BCUT2D eigenvalue weighted by atomic mass is 16.5. The van der Waals surface area contributed by atoms with Gasteiger partial charge in [0.05, 0.1) is 12.3 Å². The zero-order chi connectivity index (χ0) is 11.2. The van der Waals surface area contributed by atoms with Crippen LogP contribution in [0.25, 0.3) is 5.57 Å². The van der Waals surface area contributed by atoms with E-state index < -0.39 is 0 Å². The summed E-state index contributed by atoms with van der Waals surface area (Å²) in [4.78, 5) is 4.46. The average molecular weight is 213 g/mol. The van der Waals surface area contributed by atoms with Gasteiger partial charge in [0.1, 0.15) is 6.61 Å². The van der Waals surface area contributed by atoms with Crippen molar-refractivity contribution in [1.29, 1.82) is 0 Å². The van der Waals surface area contributed by atoms with Crippen LogP contribution in [0.4, 0.5) is 0 Å². The molecule has 1 atom stereocenters. The SMILES string of the molecule is C=COCC1CC=C(c2ccccc2)C=N1. The molecule has 0 saturated heterocycles. The molecule has 16 heavy (non-hydrogen) atoms. The first-order chi connectivity index (χ1) is 7.90. The monoisotopic (exact) mass is 213 g/mol. The maximum atomic E-state index is 5.13. The number of benzene rings is 1. The molecule has 2 nitrogen and oxygen atoms in total. The molecule has 0 bridgehead atoms. The number of hydrogen-bond donors (Lipinski definition) is 0. The third-order valence-electron chi connectivity index (χ3n) is 2.55. The van der Waals surface area contributed by atoms with Gasteiger partial charge in [0, 0.05) is 6.21 Å². The predicted octanol–water partition coefficient (Wildman–Crippen LogP) is 3.07. The van der Waals surface area contributed by atoms with Gasteiger partial charge in [0.25, 0.3) is 0 Å². The first kappa shape index (κ1) is 10.7. The number of aliphatic imine (C=N–C) groups is 1. The van der Waals surface area contributed by atoms with Crippen molar-refractivity contribution >= 4 is 11.8 Å². The van der Waals surface area contributed by atoms with Gasteiger partial charge in [-0.25, -0.2) is 0 Å². The molecule has 0 fully saturated rings. The summed E-state index contributed by atoms with van der Waals surface area (Å²) in [6.07, 6.45) is 6.52. The largest absolute Gasteiger partial charge is 0.500 e. The molecule has 0 spiro atoms. The second-order valence-electron chi connectivity index (χ2n) is 3.69. The predicted molar refractivity (Wildman–Crippen MR) is 67.5 cm³/mol. The molecule has 1 aromatic carbocycles. The van der Waals surface area contributed by atoms with Crippen LogP contribution in [0, 0.1) is 0 Å². The Hall–Kier alpha value is -1.83. The molecule has 0 radical (unpaired) electrons. The van der Waals surface area contributed by atoms with Crippen LogP contribution in [0.15, 0.2) is 54.2 Å². The van der Waals surface area contributed by atoms with Gasteiger partial charge >= 0.3 is 0 Å². The fourth-order valence-electron chi connectivity index (χ4n) is 1.68. The smallest absolute Gasteiger partial charge is 0.110 e. The Morgan fingerprint density at radius 3 is 2.81 bits per heavy atom. The number of ether oxygens (including phenoxy) is 1. The quantitative estimate of drug-likeness (QED) is 0.704. The Balaban J connectivity index is 2.00. The molecule has 1 aliphatic rings. The van der Waals surface area contributed by atoms with Gasteiger partial charge in [-0.15, -0.1) is 0 Å². The summed E-state index contributed by atoms with van der Waals surface area (Å²) in [6, 6.07) is 10.5. The summed E-state index contributed by atoms with van der Waals surface area (Å²) in [5.41, 5.74) is 2.41. The standard InChI is InChI=1S/C14H15NO/c1-2-16-11-14-9-8-13(10-15-14)12-6-4-3-5-7-12/h2-8,10,14H,1,9,11H2. The number of dihydropyridines is 1. The molecule has 0 N–H and O–H groups in total. The molecule has 1 heterocycles. The average Bonchev–Trinajstić information content (AvgIpc) is 2.38. The van der Waals surface area contributed by atoms with Crippen LogP contribution in [0.2, 0.25) is 0 Å². The summed E-state index contributed by atoms with van der Waals surface area (Å²) in [5.74, 6) is 0. The van der Waals surface area contributed by atoms with Gasteiger partial charge in [-0.05, 0) is 17.6 Å². The van der Waals surface area contributed by atoms with Crippen LogP contribution in [-0.2, 0) is 4.74 Å². The minimum atomic E-state index is 0.227.